The van der Waals surface area contributed by atoms with E-state index >= 15 is 0 Å². The van der Waals surface area contributed by atoms with E-state index < -0.39 is 6.61 Å². The van der Waals surface area contributed by atoms with Gasteiger partial charge in [0.1, 0.15) is 11.6 Å². The average molecular weight is 295 g/mol. The largest absolute Gasteiger partial charge is 0.435 e. The van der Waals surface area contributed by atoms with Gasteiger partial charge >= 0.3 is 6.61 Å². The quantitative estimate of drug-likeness (QED) is 0.869. The minimum absolute atomic E-state index is 0.142. The molecule has 0 heterocycles. The summed E-state index contributed by atoms with van der Waals surface area (Å²) in [6.45, 7) is 0.109. The Hall–Kier alpha value is -2.01. The Morgan fingerprint density at radius 3 is 2.24 bits per heavy atom. The number of nitrogens with one attached hydrogen (secondary N) is 1. The van der Waals surface area contributed by atoms with E-state index in [1.165, 1.54) is 18.2 Å². The van der Waals surface area contributed by atoms with Crippen LogP contribution in [0.3, 0.4) is 0 Å². The zero-order valence-electron chi connectivity index (χ0n) is 11.6. The van der Waals surface area contributed by atoms with Crippen LogP contribution in [0.4, 0.5) is 13.2 Å². The minimum Gasteiger partial charge on any atom is -0.435 e. The predicted octanol–water partition coefficient (Wildman–Crippen LogP) is 4.03. The normalized spacial score (nSPS) is 10.9. The second kappa shape index (κ2) is 7.13. The first kappa shape index (κ1) is 15.4. The first-order chi connectivity index (χ1) is 10.0. The Balaban J connectivity index is 1.84. The maximum Gasteiger partial charge on any atom is 0.387 e. The Morgan fingerprint density at radius 1 is 1.00 bits per heavy atom. The summed E-state index contributed by atoms with van der Waals surface area (Å²) in [7, 11) is 0. The van der Waals surface area contributed by atoms with E-state index in [1.807, 2.05) is 0 Å². The third kappa shape index (κ3) is 4.79. The number of halogens is 3. The van der Waals surface area contributed by atoms with Gasteiger partial charge in [-0.05, 0) is 41.8 Å². The number of alkyl halides is 2. The van der Waals surface area contributed by atoms with E-state index in [-0.39, 0.29) is 11.6 Å². The van der Waals surface area contributed by atoms with Crippen molar-refractivity contribution in [2.75, 3.05) is 0 Å². The fraction of sp³-hybridized carbons (Fsp3) is 0.250. The van der Waals surface area contributed by atoms with Crippen molar-refractivity contribution in [3.8, 4) is 5.75 Å². The van der Waals surface area contributed by atoms with Crippen molar-refractivity contribution in [2.45, 2.75) is 26.6 Å². The fourth-order valence-corrected chi connectivity index (χ4v) is 1.96. The molecule has 5 heteroatoms. The van der Waals surface area contributed by atoms with Crippen molar-refractivity contribution in [1.29, 1.82) is 0 Å². The van der Waals surface area contributed by atoms with Crippen LogP contribution in [0, 0.1) is 12.7 Å². The van der Waals surface area contributed by atoms with Crippen molar-refractivity contribution in [3.63, 3.8) is 0 Å². The molecule has 2 rings (SSSR count). The predicted molar refractivity (Wildman–Crippen MR) is 74.8 cm³/mol. The van der Waals surface area contributed by atoms with E-state index in [4.69, 9.17) is 0 Å². The lowest BCUT2D eigenvalue weighted by Crippen LogP contribution is -2.13. The van der Waals surface area contributed by atoms with Gasteiger partial charge in [0.25, 0.3) is 0 Å². The highest BCUT2D eigenvalue weighted by Gasteiger charge is 2.03. The van der Waals surface area contributed by atoms with Gasteiger partial charge in [-0.25, -0.2) is 4.39 Å². The van der Waals surface area contributed by atoms with Crippen LogP contribution in [0.2, 0.25) is 0 Å². The summed E-state index contributed by atoms with van der Waals surface area (Å²) in [5, 5.41) is 3.21. The molecule has 0 spiro atoms. The Kier molecular flexibility index (Phi) is 5.22. The molecule has 0 radical (unpaired) electrons. The Labute approximate surface area is 121 Å². The van der Waals surface area contributed by atoms with Gasteiger partial charge in [0.2, 0.25) is 0 Å². The van der Waals surface area contributed by atoms with Crippen molar-refractivity contribution in [1.82, 2.24) is 5.32 Å². The summed E-state index contributed by atoms with van der Waals surface area (Å²) >= 11 is 0. The van der Waals surface area contributed by atoms with E-state index in [1.54, 1.807) is 31.2 Å². The summed E-state index contributed by atoms with van der Waals surface area (Å²) in [6.07, 6.45) is 0. The molecule has 112 valence electrons. The fourth-order valence-electron chi connectivity index (χ4n) is 1.96. The summed E-state index contributed by atoms with van der Waals surface area (Å²) in [6, 6.07) is 11.4. The number of hydrogen-bond donors (Lipinski definition) is 1. The molecule has 21 heavy (non-hydrogen) atoms. The molecule has 2 aromatic carbocycles. The number of ether oxygens (including phenoxy) is 1. The van der Waals surface area contributed by atoms with Crippen LogP contribution in [0.15, 0.2) is 42.5 Å². The van der Waals surface area contributed by atoms with Crippen LogP contribution in [-0.4, -0.2) is 6.61 Å². The van der Waals surface area contributed by atoms with Gasteiger partial charge in [0.15, 0.2) is 0 Å². The molecule has 2 nitrogen and oxygen atoms in total. The highest BCUT2D eigenvalue weighted by atomic mass is 19.3. The number of hydrogen-bond acceptors (Lipinski definition) is 2. The summed E-state index contributed by atoms with van der Waals surface area (Å²) in [5.74, 6) is -0.0729. The van der Waals surface area contributed by atoms with E-state index in [2.05, 4.69) is 10.1 Å². The van der Waals surface area contributed by atoms with E-state index in [0.717, 1.165) is 11.1 Å². The van der Waals surface area contributed by atoms with Crippen LogP contribution in [0.5, 0.6) is 5.75 Å². The summed E-state index contributed by atoms with van der Waals surface area (Å²) < 4.78 is 41.4. The van der Waals surface area contributed by atoms with Gasteiger partial charge in [0.05, 0.1) is 0 Å². The van der Waals surface area contributed by atoms with Gasteiger partial charge in [0, 0.05) is 13.1 Å². The zero-order valence-corrected chi connectivity index (χ0v) is 11.6. The van der Waals surface area contributed by atoms with Crippen LogP contribution in [0.1, 0.15) is 16.7 Å². The molecule has 1 N–H and O–H groups in total. The van der Waals surface area contributed by atoms with Gasteiger partial charge < -0.3 is 10.1 Å². The van der Waals surface area contributed by atoms with Crippen molar-refractivity contribution in [2.24, 2.45) is 0 Å². The van der Waals surface area contributed by atoms with Crippen LogP contribution < -0.4 is 10.1 Å². The SMILES string of the molecule is Cc1cc(CNCc2ccc(OC(F)F)cc2)ccc1F. The molecule has 0 aliphatic heterocycles. The van der Waals surface area contributed by atoms with E-state index in [0.29, 0.717) is 18.7 Å². The van der Waals surface area contributed by atoms with E-state index in [9.17, 15) is 13.2 Å². The second-order valence-electron chi connectivity index (χ2n) is 4.71. The lowest BCUT2D eigenvalue weighted by atomic mass is 10.1. The number of benzene rings is 2. The second-order valence-corrected chi connectivity index (χ2v) is 4.71. The molecule has 0 atom stereocenters. The topological polar surface area (TPSA) is 21.3 Å². The molecule has 0 aliphatic rings. The first-order valence-corrected chi connectivity index (χ1v) is 6.54. The molecule has 0 fully saturated rings. The highest BCUT2D eigenvalue weighted by Crippen LogP contribution is 2.15. The lowest BCUT2D eigenvalue weighted by molar-refractivity contribution is -0.0498. The van der Waals surface area contributed by atoms with Crippen molar-refractivity contribution in [3.05, 3.63) is 65.0 Å². The molecular weight excluding hydrogens is 279 g/mol. The third-order valence-electron chi connectivity index (χ3n) is 3.03. The smallest absolute Gasteiger partial charge is 0.387 e. The molecular formula is C16H16F3NO. The zero-order chi connectivity index (χ0) is 15.2. The molecule has 0 bridgehead atoms. The Morgan fingerprint density at radius 2 is 1.62 bits per heavy atom. The number of rotatable bonds is 6. The molecule has 0 aromatic heterocycles. The molecule has 2 aromatic rings. The third-order valence-corrected chi connectivity index (χ3v) is 3.03. The van der Waals surface area contributed by atoms with Gasteiger partial charge in [-0.3, -0.25) is 0 Å². The summed E-state index contributed by atoms with van der Waals surface area (Å²) in [5.41, 5.74) is 2.56. The highest BCUT2D eigenvalue weighted by molar-refractivity contribution is 5.27. The van der Waals surface area contributed by atoms with Crippen molar-refractivity contribution >= 4 is 0 Å². The maximum absolute atomic E-state index is 13.1. The average Bonchev–Trinajstić information content (AvgIpc) is 2.44. The van der Waals surface area contributed by atoms with Gasteiger partial charge in [-0.2, -0.15) is 8.78 Å². The lowest BCUT2D eigenvalue weighted by Gasteiger charge is -2.08. The monoisotopic (exact) mass is 295 g/mol. The molecule has 0 unspecified atom stereocenters. The van der Waals surface area contributed by atoms with Crippen LogP contribution >= 0.6 is 0 Å². The first-order valence-electron chi connectivity index (χ1n) is 6.54. The minimum atomic E-state index is -2.81. The molecule has 0 saturated heterocycles. The van der Waals surface area contributed by atoms with Gasteiger partial charge in [-0.1, -0.05) is 24.3 Å². The number of aryl methyl sites for hydroxylation is 1. The van der Waals surface area contributed by atoms with Crippen molar-refractivity contribution < 1.29 is 17.9 Å². The molecule has 0 amide bonds. The maximum atomic E-state index is 13.1. The standard InChI is InChI=1S/C16H16F3NO/c1-11-8-13(4-7-15(11)17)10-20-9-12-2-5-14(6-3-12)21-16(18)19/h2-8,16,20H,9-10H2,1H3. The van der Waals surface area contributed by atoms with Crippen LogP contribution in [-0.2, 0) is 13.1 Å². The molecule has 0 aliphatic carbocycles. The Bertz CT molecular complexity index is 585. The van der Waals surface area contributed by atoms with Gasteiger partial charge in [-0.15, -0.1) is 0 Å². The molecule has 0 saturated carbocycles. The summed E-state index contributed by atoms with van der Waals surface area (Å²) in [4.78, 5) is 0. The van der Waals surface area contributed by atoms with Crippen LogP contribution in [0.25, 0.3) is 0 Å².